The van der Waals surface area contributed by atoms with Gasteiger partial charge in [-0.2, -0.15) is 0 Å². The van der Waals surface area contributed by atoms with Crippen LogP contribution in [0.3, 0.4) is 0 Å². The maximum Gasteiger partial charge on any atom is 0.224 e. The van der Waals surface area contributed by atoms with Gasteiger partial charge >= 0.3 is 0 Å². The highest BCUT2D eigenvalue weighted by molar-refractivity contribution is 6.05. The molecule has 0 aliphatic heterocycles. The number of hydrogen-bond acceptors (Lipinski definition) is 4. The number of unbranched alkanes of at least 4 members (excludes halogenated alkanes) is 1. The normalized spacial score (nSPS) is 18.9. The number of nitrogens with one attached hydrogen (secondary N) is 2. The van der Waals surface area contributed by atoms with Crippen molar-refractivity contribution in [3.8, 4) is 0 Å². The molecule has 0 aromatic heterocycles. The molecule has 1 fully saturated rings. The second kappa shape index (κ2) is 11.9. The number of aliphatic hydroxyl groups is 1. The van der Waals surface area contributed by atoms with Crippen LogP contribution in [0.25, 0.3) is 0 Å². The van der Waals surface area contributed by atoms with Crippen LogP contribution in [0.5, 0.6) is 0 Å². The Kier molecular flexibility index (Phi) is 8.99. The molecule has 34 heavy (non-hydrogen) atoms. The minimum atomic E-state index is -0.914. The lowest BCUT2D eigenvalue weighted by Gasteiger charge is -2.27. The van der Waals surface area contributed by atoms with Crippen molar-refractivity contribution in [1.82, 2.24) is 10.6 Å². The Balaban J connectivity index is 1.38. The van der Waals surface area contributed by atoms with E-state index in [4.69, 9.17) is 0 Å². The molecule has 0 heterocycles. The number of rotatable bonds is 12. The summed E-state index contributed by atoms with van der Waals surface area (Å²) in [6.45, 7) is 6.39. The first kappa shape index (κ1) is 25.6. The second-order valence-electron chi connectivity index (χ2n) is 9.61. The molecule has 4 atom stereocenters. The lowest BCUT2D eigenvalue weighted by Crippen LogP contribution is -2.48. The summed E-state index contributed by atoms with van der Waals surface area (Å²) >= 11 is 0. The maximum absolute atomic E-state index is 12.5. The molecular weight excluding hydrogens is 428 g/mol. The second-order valence-corrected chi connectivity index (χ2v) is 9.61. The van der Waals surface area contributed by atoms with Gasteiger partial charge in [0, 0.05) is 13.0 Å². The van der Waals surface area contributed by atoms with Gasteiger partial charge in [0.05, 0.1) is 30.4 Å². The summed E-state index contributed by atoms with van der Waals surface area (Å²) in [5.74, 6) is -0.923. The molecule has 0 spiro atoms. The van der Waals surface area contributed by atoms with Crippen LogP contribution in [0.4, 0.5) is 0 Å². The molecule has 1 saturated carbocycles. The van der Waals surface area contributed by atoms with Crippen LogP contribution < -0.4 is 10.6 Å². The molecule has 1 aliphatic rings. The van der Waals surface area contributed by atoms with Crippen molar-refractivity contribution in [3.05, 3.63) is 71.3 Å². The Bertz CT molecular complexity index is 972. The van der Waals surface area contributed by atoms with Gasteiger partial charge in [-0.1, -0.05) is 74.0 Å². The number of aliphatic hydroxyl groups excluding tert-OH is 1. The summed E-state index contributed by atoms with van der Waals surface area (Å²) in [7, 11) is 0. The lowest BCUT2D eigenvalue weighted by molar-refractivity contribution is -0.124. The van der Waals surface area contributed by atoms with Gasteiger partial charge in [0.15, 0.2) is 0 Å². The summed E-state index contributed by atoms with van der Waals surface area (Å²) in [4.78, 5) is 37.0. The van der Waals surface area contributed by atoms with Gasteiger partial charge in [0.1, 0.15) is 5.78 Å². The summed E-state index contributed by atoms with van der Waals surface area (Å²) in [5.41, 5.74) is 3.05. The molecule has 2 unspecified atom stereocenters. The van der Waals surface area contributed by atoms with E-state index in [1.54, 1.807) is 0 Å². The van der Waals surface area contributed by atoms with E-state index in [1.807, 2.05) is 75.4 Å². The largest absolute Gasteiger partial charge is 0.390 e. The SMILES string of the molecule is Cc1ccc(CC(=O)NCCCCC(=O)N[C@@H](C(C)C)[C@@H](O)C2C(=O)C2c2ccccc2)cc1. The van der Waals surface area contributed by atoms with E-state index in [-0.39, 0.29) is 29.4 Å². The number of carbonyl (C=O) groups is 3. The smallest absolute Gasteiger partial charge is 0.224 e. The summed E-state index contributed by atoms with van der Waals surface area (Å²) in [6.07, 6.45) is 1.07. The van der Waals surface area contributed by atoms with Gasteiger partial charge in [-0.25, -0.2) is 0 Å². The van der Waals surface area contributed by atoms with Crippen LogP contribution in [-0.4, -0.2) is 41.4 Å². The van der Waals surface area contributed by atoms with Crippen molar-refractivity contribution in [2.75, 3.05) is 6.54 Å². The number of hydrogen-bond donors (Lipinski definition) is 3. The third-order valence-electron chi connectivity index (χ3n) is 6.46. The lowest BCUT2D eigenvalue weighted by atomic mass is 9.93. The van der Waals surface area contributed by atoms with E-state index >= 15 is 0 Å². The van der Waals surface area contributed by atoms with Crippen LogP contribution in [0, 0.1) is 18.8 Å². The highest BCUT2D eigenvalue weighted by atomic mass is 16.3. The van der Waals surface area contributed by atoms with Crippen molar-refractivity contribution in [3.63, 3.8) is 0 Å². The number of ketones is 1. The van der Waals surface area contributed by atoms with E-state index in [2.05, 4.69) is 10.6 Å². The van der Waals surface area contributed by atoms with Gasteiger partial charge in [-0.3, -0.25) is 14.4 Å². The first-order valence-electron chi connectivity index (χ1n) is 12.2. The first-order chi connectivity index (χ1) is 16.3. The standard InChI is InChI=1S/C28H36N2O4/c1-18(2)26(28(34)25-24(27(25)33)21-9-5-4-6-10-21)30-22(31)11-7-8-16-29-23(32)17-20-14-12-19(3)13-15-20/h4-6,9-10,12-15,18,24-26,28,34H,7-8,11,16-17H2,1-3H3,(H,29,32)(H,30,31)/t24?,25?,26-,28-/m0/s1. The third kappa shape index (κ3) is 7.00. The first-order valence-corrected chi connectivity index (χ1v) is 12.2. The van der Waals surface area contributed by atoms with Crippen molar-refractivity contribution in [2.24, 2.45) is 11.8 Å². The van der Waals surface area contributed by atoms with Crippen LogP contribution in [0.2, 0.25) is 0 Å². The summed E-state index contributed by atoms with van der Waals surface area (Å²) in [6, 6.07) is 16.9. The van der Waals surface area contributed by atoms with Crippen LogP contribution in [0.1, 0.15) is 55.7 Å². The Labute approximate surface area is 202 Å². The number of carbonyl (C=O) groups excluding carboxylic acids is 3. The minimum Gasteiger partial charge on any atom is -0.390 e. The van der Waals surface area contributed by atoms with Crippen LogP contribution in [-0.2, 0) is 20.8 Å². The van der Waals surface area contributed by atoms with E-state index in [0.717, 1.165) is 16.7 Å². The Morgan fingerprint density at radius 3 is 2.29 bits per heavy atom. The fourth-order valence-corrected chi connectivity index (χ4v) is 4.38. The summed E-state index contributed by atoms with van der Waals surface area (Å²) in [5, 5.41) is 16.7. The summed E-state index contributed by atoms with van der Waals surface area (Å²) < 4.78 is 0. The molecule has 1 aliphatic carbocycles. The monoisotopic (exact) mass is 464 g/mol. The number of amides is 2. The average molecular weight is 465 g/mol. The number of aryl methyl sites for hydroxylation is 1. The quantitative estimate of drug-likeness (QED) is 0.420. The predicted molar refractivity (Wildman–Crippen MR) is 132 cm³/mol. The van der Waals surface area contributed by atoms with Crippen molar-refractivity contribution < 1.29 is 19.5 Å². The van der Waals surface area contributed by atoms with Gasteiger partial charge in [0.25, 0.3) is 0 Å². The average Bonchev–Trinajstić information content (AvgIpc) is 3.49. The molecule has 2 aromatic carbocycles. The van der Waals surface area contributed by atoms with Crippen molar-refractivity contribution >= 4 is 17.6 Å². The fraction of sp³-hybridized carbons (Fsp3) is 0.464. The van der Waals surface area contributed by atoms with E-state index in [0.29, 0.717) is 32.2 Å². The van der Waals surface area contributed by atoms with Crippen molar-refractivity contribution in [2.45, 2.75) is 64.5 Å². The molecule has 0 radical (unpaired) electrons. The molecule has 3 N–H and O–H groups in total. The van der Waals surface area contributed by atoms with Crippen LogP contribution >= 0.6 is 0 Å². The van der Waals surface area contributed by atoms with E-state index in [1.165, 1.54) is 0 Å². The molecule has 0 saturated heterocycles. The van der Waals surface area contributed by atoms with Gasteiger partial charge in [-0.05, 0) is 36.8 Å². The van der Waals surface area contributed by atoms with Crippen LogP contribution in [0.15, 0.2) is 54.6 Å². The van der Waals surface area contributed by atoms with Gasteiger partial charge in [-0.15, -0.1) is 0 Å². The van der Waals surface area contributed by atoms with Gasteiger partial charge < -0.3 is 15.7 Å². The Morgan fingerprint density at radius 1 is 0.971 bits per heavy atom. The fourth-order valence-electron chi connectivity index (χ4n) is 4.38. The third-order valence-corrected chi connectivity index (χ3v) is 6.46. The van der Waals surface area contributed by atoms with Crippen molar-refractivity contribution in [1.29, 1.82) is 0 Å². The Morgan fingerprint density at radius 2 is 1.65 bits per heavy atom. The van der Waals surface area contributed by atoms with E-state index < -0.39 is 18.1 Å². The molecule has 2 amide bonds. The molecule has 6 heteroatoms. The topological polar surface area (TPSA) is 95.5 Å². The molecule has 182 valence electrons. The number of benzene rings is 2. The maximum atomic E-state index is 12.5. The molecular formula is C28H36N2O4. The zero-order chi connectivity index (χ0) is 24.7. The molecule has 0 bridgehead atoms. The zero-order valence-electron chi connectivity index (χ0n) is 20.3. The zero-order valence-corrected chi connectivity index (χ0v) is 20.3. The molecule has 2 aromatic rings. The highest BCUT2D eigenvalue weighted by Gasteiger charge is 2.56. The molecule has 3 rings (SSSR count). The highest BCUT2D eigenvalue weighted by Crippen LogP contribution is 2.46. The molecule has 6 nitrogen and oxygen atoms in total. The Hall–Kier alpha value is -2.99. The van der Waals surface area contributed by atoms with E-state index in [9.17, 15) is 19.5 Å². The predicted octanol–water partition coefficient (Wildman–Crippen LogP) is 3.31. The van der Waals surface area contributed by atoms with Gasteiger partial charge in [0.2, 0.25) is 11.8 Å². The number of Topliss-reactive ketones (excluding diaryl/α,β-unsaturated/α-hetero) is 1. The minimum absolute atomic E-state index is 0.00941.